The van der Waals surface area contributed by atoms with Gasteiger partial charge in [-0.3, -0.25) is 10.1 Å². The Hall–Kier alpha value is -2.50. The number of H-pyrrole nitrogens is 1. The van der Waals surface area contributed by atoms with Crippen molar-refractivity contribution in [2.24, 2.45) is 0 Å². The molecule has 0 saturated heterocycles. The van der Waals surface area contributed by atoms with Gasteiger partial charge < -0.3 is 10.3 Å². The van der Waals surface area contributed by atoms with Crippen molar-refractivity contribution in [1.82, 2.24) is 15.6 Å². The van der Waals surface area contributed by atoms with Crippen LogP contribution in [0.25, 0.3) is 10.9 Å². The zero-order valence-corrected chi connectivity index (χ0v) is 19.2. The molecule has 0 saturated carbocycles. The largest absolute Gasteiger partial charge is 0.357 e. The topological polar surface area (TPSA) is 56.9 Å². The van der Waals surface area contributed by atoms with Crippen LogP contribution < -0.4 is 10.6 Å². The molecule has 1 aromatic heterocycles. The zero-order chi connectivity index (χ0) is 22.2. The number of para-hydroxylation sites is 1. The summed E-state index contributed by atoms with van der Waals surface area (Å²) in [5.41, 5.74) is 5.05. The molecular weight excluding hydrogens is 465 g/mol. The maximum Gasteiger partial charge on any atom is 0.237 e. The Bertz CT molecular complexity index is 1300. The van der Waals surface area contributed by atoms with Crippen LogP contribution in [0.5, 0.6) is 0 Å². The van der Waals surface area contributed by atoms with E-state index in [-0.39, 0.29) is 11.9 Å². The van der Waals surface area contributed by atoms with Crippen molar-refractivity contribution < 1.29 is 4.79 Å². The smallest absolute Gasteiger partial charge is 0.237 e. The molecule has 3 aromatic carbocycles. The molecule has 4 nitrogen and oxygen atoms in total. The van der Waals surface area contributed by atoms with Crippen LogP contribution in [0.15, 0.2) is 66.7 Å². The predicted molar refractivity (Wildman–Crippen MR) is 131 cm³/mol. The van der Waals surface area contributed by atoms with Gasteiger partial charge in [0.05, 0.1) is 12.1 Å². The molecule has 3 N–H and O–H groups in total. The van der Waals surface area contributed by atoms with E-state index in [9.17, 15) is 4.79 Å². The lowest BCUT2D eigenvalue weighted by molar-refractivity contribution is -0.123. The van der Waals surface area contributed by atoms with Crippen molar-refractivity contribution in [1.29, 1.82) is 0 Å². The van der Waals surface area contributed by atoms with Crippen LogP contribution in [0.3, 0.4) is 0 Å². The van der Waals surface area contributed by atoms with E-state index in [1.54, 1.807) is 6.07 Å². The molecule has 1 aliphatic rings. The fourth-order valence-corrected chi connectivity index (χ4v) is 4.94. The SMILES string of the molecule is O=C(NCc1ccc(Cl)cc1)[C@H]1Cc2c([nH]c3ccccc23)[C@H](c2ccc(Cl)cc2Cl)N1. The van der Waals surface area contributed by atoms with Gasteiger partial charge in [0.15, 0.2) is 0 Å². The Morgan fingerprint density at radius 2 is 1.72 bits per heavy atom. The average Bonchev–Trinajstić information content (AvgIpc) is 3.17. The molecule has 2 atom stereocenters. The van der Waals surface area contributed by atoms with Crippen LogP contribution in [0.4, 0.5) is 0 Å². The maximum atomic E-state index is 13.2. The van der Waals surface area contributed by atoms with Crippen LogP contribution in [0, 0.1) is 0 Å². The van der Waals surface area contributed by atoms with Crippen molar-refractivity contribution >= 4 is 51.6 Å². The lowest BCUT2D eigenvalue weighted by atomic mass is 9.90. The first-order valence-electron chi connectivity index (χ1n) is 10.3. The number of nitrogens with one attached hydrogen (secondary N) is 3. The van der Waals surface area contributed by atoms with Gasteiger partial charge in [-0.25, -0.2) is 0 Å². The molecule has 0 radical (unpaired) electrons. The van der Waals surface area contributed by atoms with E-state index in [2.05, 4.69) is 21.7 Å². The number of carbonyl (C=O) groups excluding carboxylic acids is 1. The van der Waals surface area contributed by atoms with Gasteiger partial charge in [0.1, 0.15) is 0 Å². The lowest BCUT2D eigenvalue weighted by Crippen LogP contribution is -2.49. The summed E-state index contributed by atoms with van der Waals surface area (Å²) in [5.74, 6) is -0.0639. The van der Waals surface area contributed by atoms with E-state index in [0.29, 0.717) is 28.0 Å². The van der Waals surface area contributed by atoms with Gasteiger partial charge >= 0.3 is 0 Å². The highest BCUT2D eigenvalue weighted by molar-refractivity contribution is 6.35. The van der Waals surface area contributed by atoms with E-state index in [0.717, 1.165) is 33.3 Å². The van der Waals surface area contributed by atoms with Crippen LogP contribution >= 0.6 is 34.8 Å². The molecule has 1 aliphatic heterocycles. The minimum atomic E-state index is -0.411. The number of carbonyl (C=O) groups is 1. The summed E-state index contributed by atoms with van der Waals surface area (Å²) in [7, 11) is 0. The van der Waals surface area contributed by atoms with E-state index >= 15 is 0 Å². The number of hydrogen-bond acceptors (Lipinski definition) is 2. The minimum Gasteiger partial charge on any atom is -0.357 e. The number of fused-ring (bicyclic) bond motifs is 3. The van der Waals surface area contributed by atoms with Gasteiger partial charge in [0.25, 0.3) is 0 Å². The first kappa shape index (κ1) is 21.4. The standard InChI is InChI=1S/C25H20Cl3N3O/c26-15-7-5-14(6-8-15)13-29-25(32)22-12-19-17-3-1-2-4-21(17)30-24(19)23(31-22)18-10-9-16(27)11-20(18)28/h1-11,22-23,30-31H,12-13H2,(H,29,32)/t22-,23+/m1/s1. The predicted octanol–water partition coefficient (Wildman–Crippen LogP) is 6.05. The highest BCUT2D eigenvalue weighted by atomic mass is 35.5. The summed E-state index contributed by atoms with van der Waals surface area (Å²) < 4.78 is 0. The third-order valence-electron chi connectivity index (χ3n) is 5.88. The van der Waals surface area contributed by atoms with Crippen molar-refractivity contribution in [3.8, 4) is 0 Å². The molecule has 162 valence electrons. The number of aromatic nitrogens is 1. The van der Waals surface area contributed by atoms with Crippen molar-refractivity contribution in [3.63, 3.8) is 0 Å². The van der Waals surface area contributed by atoms with E-state index in [4.69, 9.17) is 34.8 Å². The van der Waals surface area contributed by atoms with Crippen LogP contribution in [0.1, 0.15) is 28.4 Å². The number of rotatable bonds is 4. The Labute approximate surface area is 200 Å². The van der Waals surface area contributed by atoms with Gasteiger partial charge in [0, 0.05) is 38.2 Å². The Morgan fingerprint density at radius 1 is 0.969 bits per heavy atom. The van der Waals surface area contributed by atoms with Crippen molar-refractivity contribution in [3.05, 3.63) is 104 Å². The van der Waals surface area contributed by atoms with Gasteiger partial charge in [-0.1, -0.05) is 71.2 Å². The summed E-state index contributed by atoms with van der Waals surface area (Å²) in [4.78, 5) is 16.7. The fourth-order valence-electron chi connectivity index (χ4n) is 4.30. The van der Waals surface area contributed by atoms with Crippen LogP contribution in [0.2, 0.25) is 15.1 Å². The summed E-state index contributed by atoms with van der Waals surface area (Å²) in [6.45, 7) is 0.432. The molecule has 2 heterocycles. The molecule has 5 rings (SSSR count). The lowest BCUT2D eigenvalue weighted by Gasteiger charge is -2.31. The highest BCUT2D eigenvalue weighted by Crippen LogP contribution is 2.38. The number of aromatic amines is 1. The van der Waals surface area contributed by atoms with Crippen LogP contribution in [-0.2, 0) is 17.8 Å². The molecule has 1 amide bonds. The second-order valence-electron chi connectivity index (χ2n) is 7.93. The van der Waals surface area contributed by atoms with Gasteiger partial charge in [-0.05, 0) is 53.4 Å². The molecule has 4 aromatic rings. The summed E-state index contributed by atoms with van der Waals surface area (Å²) in [5, 5.41) is 9.47. The quantitative estimate of drug-likeness (QED) is 0.330. The number of amides is 1. The van der Waals surface area contributed by atoms with E-state index < -0.39 is 6.04 Å². The molecular formula is C25H20Cl3N3O. The fraction of sp³-hybridized carbons (Fsp3) is 0.160. The maximum absolute atomic E-state index is 13.2. The number of halogens is 3. The van der Waals surface area contributed by atoms with E-state index in [1.165, 1.54) is 0 Å². The molecule has 7 heteroatoms. The monoisotopic (exact) mass is 483 g/mol. The normalized spacial score (nSPS) is 17.8. The number of benzene rings is 3. The zero-order valence-electron chi connectivity index (χ0n) is 17.0. The molecule has 0 aliphatic carbocycles. The third-order valence-corrected chi connectivity index (χ3v) is 6.70. The first-order valence-corrected chi connectivity index (χ1v) is 11.5. The van der Waals surface area contributed by atoms with Gasteiger partial charge in [-0.2, -0.15) is 0 Å². The molecule has 0 bridgehead atoms. The van der Waals surface area contributed by atoms with Crippen molar-refractivity contribution in [2.45, 2.75) is 25.0 Å². The molecule has 0 unspecified atom stereocenters. The average molecular weight is 485 g/mol. The van der Waals surface area contributed by atoms with E-state index in [1.807, 2.05) is 54.6 Å². The molecule has 0 spiro atoms. The minimum absolute atomic E-state index is 0.0639. The second-order valence-corrected chi connectivity index (χ2v) is 9.21. The summed E-state index contributed by atoms with van der Waals surface area (Å²) in [6, 6.07) is 20.4. The first-order chi connectivity index (χ1) is 15.5. The van der Waals surface area contributed by atoms with Crippen molar-refractivity contribution in [2.75, 3.05) is 0 Å². The Morgan fingerprint density at radius 3 is 2.50 bits per heavy atom. The van der Waals surface area contributed by atoms with Gasteiger partial charge in [-0.15, -0.1) is 0 Å². The van der Waals surface area contributed by atoms with Gasteiger partial charge in [0.2, 0.25) is 5.91 Å². The highest BCUT2D eigenvalue weighted by Gasteiger charge is 2.34. The molecule has 0 fully saturated rings. The third kappa shape index (κ3) is 4.12. The Kier molecular flexibility index (Phi) is 5.87. The Balaban J connectivity index is 1.47. The van der Waals surface area contributed by atoms with Crippen LogP contribution in [-0.4, -0.2) is 16.9 Å². The summed E-state index contributed by atoms with van der Waals surface area (Å²) >= 11 is 18.6. The summed E-state index contributed by atoms with van der Waals surface area (Å²) in [6.07, 6.45) is 0.577. The molecule has 32 heavy (non-hydrogen) atoms. The number of hydrogen-bond donors (Lipinski definition) is 3. The second kappa shape index (κ2) is 8.80.